The summed E-state index contributed by atoms with van der Waals surface area (Å²) >= 11 is 0. The van der Waals surface area contributed by atoms with Crippen LogP contribution < -0.4 is 10.2 Å². The van der Waals surface area contributed by atoms with Crippen LogP contribution in [0.3, 0.4) is 0 Å². The molecule has 2 aromatic heterocycles. The molecule has 1 fully saturated rings. The molecule has 0 bridgehead atoms. The third-order valence-electron chi connectivity index (χ3n) is 3.08. The summed E-state index contributed by atoms with van der Waals surface area (Å²) in [5, 5.41) is 3.29. The number of hydrogen-bond acceptors (Lipinski definition) is 4. The van der Waals surface area contributed by atoms with Crippen molar-refractivity contribution in [1.82, 2.24) is 14.7 Å². The predicted octanol–water partition coefficient (Wildman–Crippen LogP) is 0.556. The number of hydrogen-bond donors (Lipinski definition) is 1. The lowest BCUT2D eigenvalue weighted by Gasteiger charge is -2.27. The van der Waals surface area contributed by atoms with E-state index in [1.807, 2.05) is 28.8 Å². The molecule has 2 aromatic rings. The Bertz CT molecular complexity index is 542. The molecular weight excluding hydrogens is 216 g/mol. The second kappa shape index (κ2) is 4.18. The third-order valence-corrected chi connectivity index (χ3v) is 3.08. The van der Waals surface area contributed by atoms with E-state index >= 15 is 0 Å². The Morgan fingerprint density at radius 3 is 2.88 bits per heavy atom. The molecule has 3 rings (SSSR count). The van der Waals surface area contributed by atoms with Gasteiger partial charge in [0.05, 0.1) is 0 Å². The van der Waals surface area contributed by atoms with E-state index in [0.29, 0.717) is 5.69 Å². The number of aldehydes is 1. The van der Waals surface area contributed by atoms with E-state index in [1.54, 1.807) is 0 Å². The van der Waals surface area contributed by atoms with Crippen LogP contribution in [-0.4, -0.2) is 41.8 Å². The maximum absolute atomic E-state index is 11.2. The van der Waals surface area contributed by atoms with Gasteiger partial charge in [-0.2, -0.15) is 0 Å². The maximum atomic E-state index is 11.2. The first kappa shape index (κ1) is 10.3. The minimum atomic E-state index is 0.641. The number of nitrogens with zero attached hydrogens (tertiary/aromatic N) is 3. The molecule has 1 aliphatic heterocycles. The summed E-state index contributed by atoms with van der Waals surface area (Å²) in [7, 11) is 0. The van der Waals surface area contributed by atoms with E-state index in [1.165, 1.54) is 0 Å². The molecule has 0 atom stereocenters. The molecular formula is C12H14N4O. The van der Waals surface area contributed by atoms with Gasteiger partial charge in [0, 0.05) is 32.4 Å². The summed E-state index contributed by atoms with van der Waals surface area (Å²) in [6, 6.07) is 5.75. The van der Waals surface area contributed by atoms with Crippen LogP contribution in [0.4, 0.5) is 5.82 Å². The number of carbonyl (C=O) groups is 1. The van der Waals surface area contributed by atoms with Gasteiger partial charge >= 0.3 is 0 Å². The normalized spacial score (nSPS) is 16.4. The lowest BCUT2D eigenvalue weighted by atomic mass is 10.3. The highest BCUT2D eigenvalue weighted by molar-refractivity contribution is 5.83. The number of piperazine rings is 1. The first-order valence-electron chi connectivity index (χ1n) is 5.78. The van der Waals surface area contributed by atoms with Crippen molar-refractivity contribution < 1.29 is 4.79 Å². The van der Waals surface area contributed by atoms with Gasteiger partial charge < -0.3 is 10.2 Å². The summed E-state index contributed by atoms with van der Waals surface area (Å²) in [6.45, 7) is 3.66. The van der Waals surface area contributed by atoms with Crippen molar-refractivity contribution >= 4 is 17.8 Å². The van der Waals surface area contributed by atoms with E-state index in [2.05, 4.69) is 15.2 Å². The molecule has 17 heavy (non-hydrogen) atoms. The van der Waals surface area contributed by atoms with Crippen LogP contribution in [0.1, 0.15) is 10.5 Å². The van der Waals surface area contributed by atoms with Gasteiger partial charge in [0.15, 0.2) is 12.1 Å². The van der Waals surface area contributed by atoms with E-state index in [-0.39, 0.29) is 0 Å². The predicted molar refractivity (Wildman–Crippen MR) is 65.7 cm³/mol. The van der Waals surface area contributed by atoms with E-state index < -0.39 is 0 Å². The maximum Gasteiger partial charge on any atom is 0.170 e. The molecule has 0 saturated carbocycles. The first-order chi connectivity index (χ1) is 8.40. The lowest BCUT2D eigenvalue weighted by molar-refractivity contribution is 0.111. The van der Waals surface area contributed by atoms with Crippen LogP contribution in [0.2, 0.25) is 0 Å². The average molecular weight is 230 g/mol. The number of rotatable bonds is 2. The Kier molecular flexibility index (Phi) is 2.53. The van der Waals surface area contributed by atoms with Gasteiger partial charge in [-0.3, -0.25) is 9.20 Å². The fraction of sp³-hybridized carbons (Fsp3) is 0.333. The van der Waals surface area contributed by atoms with E-state index in [0.717, 1.165) is 43.9 Å². The number of carbonyl (C=O) groups excluding carboxylic acids is 1. The molecule has 1 saturated heterocycles. The molecule has 0 radical (unpaired) electrons. The zero-order valence-electron chi connectivity index (χ0n) is 9.47. The highest BCUT2D eigenvalue weighted by Gasteiger charge is 2.19. The number of fused-ring (bicyclic) bond motifs is 1. The molecule has 0 spiro atoms. The molecule has 0 aromatic carbocycles. The molecule has 88 valence electrons. The monoisotopic (exact) mass is 230 g/mol. The molecule has 0 unspecified atom stereocenters. The van der Waals surface area contributed by atoms with Crippen LogP contribution in [0, 0.1) is 0 Å². The average Bonchev–Trinajstić information content (AvgIpc) is 2.78. The molecule has 1 N–H and O–H groups in total. The van der Waals surface area contributed by atoms with Gasteiger partial charge in [-0.1, -0.05) is 6.07 Å². The Balaban J connectivity index is 2.11. The van der Waals surface area contributed by atoms with Gasteiger partial charge in [0.2, 0.25) is 0 Å². The Morgan fingerprint density at radius 1 is 1.29 bits per heavy atom. The quantitative estimate of drug-likeness (QED) is 0.766. The third kappa shape index (κ3) is 1.68. The van der Waals surface area contributed by atoms with Crippen LogP contribution in [0.15, 0.2) is 24.4 Å². The van der Waals surface area contributed by atoms with Crippen LogP contribution in [-0.2, 0) is 0 Å². The molecule has 0 amide bonds. The number of pyridine rings is 1. The number of nitrogens with one attached hydrogen (secondary N) is 1. The van der Waals surface area contributed by atoms with Crippen molar-refractivity contribution in [2.24, 2.45) is 0 Å². The second-order valence-corrected chi connectivity index (χ2v) is 4.10. The summed E-state index contributed by atoms with van der Waals surface area (Å²) in [4.78, 5) is 17.9. The van der Waals surface area contributed by atoms with Crippen molar-refractivity contribution in [1.29, 1.82) is 0 Å². The highest BCUT2D eigenvalue weighted by atomic mass is 16.1. The van der Waals surface area contributed by atoms with Crippen LogP contribution in [0.5, 0.6) is 0 Å². The number of anilines is 1. The SMILES string of the molecule is O=Cc1c(N2CCNCC2)nc2ccccn12. The highest BCUT2D eigenvalue weighted by Crippen LogP contribution is 2.20. The van der Waals surface area contributed by atoms with Crippen molar-refractivity contribution in [2.45, 2.75) is 0 Å². The second-order valence-electron chi connectivity index (χ2n) is 4.10. The van der Waals surface area contributed by atoms with Crippen LogP contribution in [0.25, 0.3) is 5.65 Å². The van der Waals surface area contributed by atoms with Gasteiger partial charge in [0.25, 0.3) is 0 Å². The Hall–Kier alpha value is -1.88. The van der Waals surface area contributed by atoms with E-state index in [4.69, 9.17) is 0 Å². The molecule has 3 heterocycles. The van der Waals surface area contributed by atoms with Crippen molar-refractivity contribution in [3.05, 3.63) is 30.1 Å². The lowest BCUT2D eigenvalue weighted by Crippen LogP contribution is -2.44. The van der Waals surface area contributed by atoms with Gasteiger partial charge in [0.1, 0.15) is 11.3 Å². The standard InChI is InChI=1S/C12H14N4O/c17-9-10-12(15-7-4-13-5-8-15)14-11-3-1-2-6-16(10)11/h1-3,6,9,13H,4-5,7-8H2. The zero-order valence-corrected chi connectivity index (χ0v) is 9.47. The van der Waals surface area contributed by atoms with Crippen molar-refractivity contribution in [3.63, 3.8) is 0 Å². The largest absolute Gasteiger partial charge is 0.352 e. The zero-order chi connectivity index (χ0) is 11.7. The molecule has 1 aliphatic rings. The van der Waals surface area contributed by atoms with E-state index in [9.17, 15) is 4.79 Å². The number of imidazole rings is 1. The minimum absolute atomic E-state index is 0.641. The molecule has 5 heteroatoms. The molecule has 0 aliphatic carbocycles. The first-order valence-corrected chi connectivity index (χ1v) is 5.78. The van der Waals surface area contributed by atoms with Gasteiger partial charge in [-0.15, -0.1) is 0 Å². The Labute approximate surface area is 99.1 Å². The Morgan fingerprint density at radius 2 is 2.12 bits per heavy atom. The topological polar surface area (TPSA) is 49.6 Å². The fourth-order valence-corrected chi connectivity index (χ4v) is 2.22. The fourth-order valence-electron chi connectivity index (χ4n) is 2.22. The smallest absolute Gasteiger partial charge is 0.170 e. The number of aromatic nitrogens is 2. The minimum Gasteiger partial charge on any atom is -0.352 e. The summed E-state index contributed by atoms with van der Waals surface area (Å²) < 4.78 is 1.84. The molecule has 5 nitrogen and oxygen atoms in total. The summed E-state index contributed by atoms with van der Waals surface area (Å²) in [5.74, 6) is 0.799. The van der Waals surface area contributed by atoms with Crippen molar-refractivity contribution in [3.8, 4) is 0 Å². The van der Waals surface area contributed by atoms with Gasteiger partial charge in [-0.25, -0.2) is 4.98 Å². The van der Waals surface area contributed by atoms with Gasteiger partial charge in [-0.05, 0) is 12.1 Å². The van der Waals surface area contributed by atoms with Crippen LogP contribution >= 0.6 is 0 Å². The summed E-state index contributed by atoms with van der Waals surface area (Å²) in [6.07, 6.45) is 2.76. The van der Waals surface area contributed by atoms with Crippen molar-refractivity contribution in [2.75, 3.05) is 31.1 Å². The summed E-state index contributed by atoms with van der Waals surface area (Å²) in [5.41, 5.74) is 1.46.